The second-order valence-corrected chi connectivity index (χ2v) is 11.3. The number of aromatic nitrogens is 1. The van der Waals surface area contributed by atoms with E-state index in [1.165, 1.54) is 19.6 Å². The fourth-order valence-corrected chi connectivity index (χ4v) is 5.71. The SMILES string of the molecule is COc1cccc(-c2ccc3ncc(S(C)(=O)=O)c(N4CCC(C(C)N(C)C)CC4)c3c2)c1O. The average molecular weight is 484 g/mol. The molecule has 1 aliphatic rings. The number of methoxy groups -OCH3 is 1. The molecular formula is C26H33N3O4S. The van der Waals surface area contributed by atoms with E-state index < -0.39 is 9.84 Å². The third-order valence-electron chi connectivity index (χ3n) is 7.09. The summed E-state index contributed by atoms with van der Waals surface area (Å²) in [5.41, 5.74) is 2.81. The van der Waals surface area contributed by atoms with E-state index in [-0.39, 0.29) is 10.6 Å². The highest BCUT2D eigenvalue weighted by Crippen LogP contribution is 2.41. The molecule has 1 saturated heterocycles. The van der Waals surface area contributed by atoms with Crippen LogP contribution in [0.15, 0.2) is 47.5 Å². The van der Waals surface area contributed by atoms with Crippen molar-refractivity contribution in [1.82, 2.24) is 9.88 Å². The molecule has 3 aromatic rings. The van der Waals surface area contributed by atoms with Gasteiger partial charge in [-0.1, -0.05) is 18.2 Å². The number of phenolic OH excluding ortho intramolecular Hbond substituents is 1. The van der Waals surface area contributed by atoms with Gasteiger partial charge in [-0.15, -0.1) is 0 Å². The number of hydrogen-bond donors (Lipinski definition) is 1. The number of phenols is 1. The first-order valence-electron chi connectivity index (χ1n) is 11.5. The molecule has 182 valence electrons. The molecule has 1 fully saturated rings. The Morgan fingerprint density at radius 1 is 1.18 bits per heavy atom. The van der Waals surface area contributed by atoms with Crippen molar-refractivity contribution in [3.8, 4) is 22.6 Å². The van der Waals surface area contributed by atoms with Crippen LogP contribution >= 0.6 is 0 Å². The van der Waals surface area contributed by atoms with E-state index in [2.05, 4.69) is 35.8 Å². The summed E-state index contributed by atoms with van der Waals surface area (Å²) >= 11 is 0. The highest BCUT2D eigenvalue weighted by molar-refractivity contribution is 7.90. The van der Waals surface area contributed by atoms with Crippen LogP contribution in [-0.4, -0.2) is 70.0 Å². The van der Waals surface area contributed by atoms with Crippen LogP contribution in [0.2, 0.25) is 0 Å². The lowest BCUT2D eigenvalue weighted by molar-refractivity contribution is 0.199. The van der Waals surface area contributed by atoms with Crippen molar-refractivity contribution in [2.24, 2.45) is 5.92 Å². The molecule has 1 atom stereocenters. The number of ether oxygens (including phenoxy) is 1. The van der Waals surface area contributed by atoms with E-state index in [1.807, 2.05) is 30.3 Å². The van der Waals surface area contributed by atoms with Crippen molar-refractivity contribution in [3.05, 3.63) is 42.6 Å². The van der Waals surface area contributed by atoms with Gasteiger partial charge < -0.3 is 19.6 Å². The molecule has 2 aromatic carbocycles. The average Bonchev–Trinajstić information content (AvgIpc) is 2.82. The van der Waals surface area contributed by atoms with E-state index in [9.17, 15) is 13.5 Å². The predicted molar refractivity (Wildman–Crippen MR) is 137 cm³/mol. The number of piperidine rings is 1. The van der Waals surface area contributed by atoms with Gasteiger partial charge in [-0.05, 0) is 63.5 Å². The topological polar surface area (TPSA) is 83.0 Å². The molecule has 0 spiro atoms. The van der Waals surface area contributed by atoms with Gasteiger partial charge in [0, 0.05) is 42.5 Å². The second-order valence-electron chi connectivity index (χ2n) is 9.36. The van der Waals surface area contributed by atoms with Crippen molar-refractivity contribution in [2.75, 3.05) is 45.5 Å². The van der Waals surface area contributed by atoms with Gasteiger partial charge in [-0.3, -0.25) is 4.98 Å². The molecule has 7 nitrogen and oxygen atoms in total. The third kappa shape index (κ3) is 4.57. The summed E-state index contributed by atoms with van der Waals surface area (Å²) in [7, 11) is 2.22. The quantitative estimate of drug-likeness (QED) is 0.563. The largest absolute Gasteiger partial charge is 0.504 e. The van der Waals surface area contributed by atoms with Gasteiger partial charge >= 0.3 is 0 Å². The summed E-state index contributed by atoms with van der Waals surface area (Å²) in [6.45, 7) is 3.80. The summed E-state index contributed by atoms with van der Waals surface area (Å²) < 4.78 is 30.8. The summed E-state index contributed by atoms with van der Waals surface area (Å²) in [4.78, 5) is 9.14. The van der Waals surface area contributed by atoms with Gasteiger partial charge in [-0.25, -0.2) is 8.42 Å². The Morgan fingerprint density at radius 2 is 1.88 bits per heavy atom. The molecule has 8 heteroatoms. The van der Waals surface area contributed by atoms with Crippen LogP contribution in [0.3, 0.4) is 0 Å². The Bertz CT molecular complexity index is 1300. The normalized spacial score (nSPS) is 16.2. The number of hydrogen-bond acceptors (Lipinski definition) is 7. The summed E-state index contributed by atoms with van der Waals surface area (Å²) in [5.74, 6) is 1.000. The molecule has 0 bridgehead atoms. The van der Waals surface area contributed by atoms with Crippen LogP contribution in [0, 0.1) is 5.92 Å². The maximum atomic E-state index is 12.8. The van der Waals surface area contributed by atoms with Gasteiger partial charge in [0.1, 0.15) is 4.90 Å². The number of para-hydroxylation sites is 1. The maximum absolute atomic E-state index is 12.8. The standard InChI is InChI=1S/C26H33N3O4S/c1-17(28(2)3)18-11-13-29(14-12-18)25-21-15-19(20-7-6-8-23(33-4)26(20)30)9-10-22(21)27-16-24(25)34(5,31)32/h6-10,15-18,30H,11-14H2,1-5H3. The van der Waals surface area contributed by atoms with Crippen molar-refractivity contribution in [3.63, 3.8) is 0 Å². The van der Waals surface area contributed by atoms with Crippen LogP contribution in [0.25, 0.3) is 22.0 Å². The number of benzene rings is 2. The summed E-state index contributed by atoms with van der Waals surface area (Å²) in [5, 5.41) is 11.5. The zero-order chi connectivity index (χ0) is 24.6. The number of pyridine rings is 1. The van der Waals surface area contributed by atoms with E-state index >= 15 is 0 Å². The number of sulfone groups is 1. The fraction of sp³-hybridized carbons (Fsp3) is 0.423. The Hall–Kier alpha value is -2.84. The molecule has 0 saturated carbocycles. The fourth-order valence-electron chi connectivity index (χ4n) is 4.87. The smallest absolute Gasteiger partial charge is 0.179 e. The Morgan fingerprint density at radius 3 is 2.50 bits per heavy atom. The highest BCUT2D eigenvalue weighted by atomic mass is 32.2. The van der Waals surface area contributed by atoms with E-state index in [0.717, 1.165) is 42.4 Å². The summed E-state index contributed by atoms with van der Waals surface area (Å²) in [6, 6.07) is 11.5. The van der Waals surface area contributed by atoms with Crippen LogP contribution in [0.4, 0.5) is 5.69 Å². The lowest BCUT2D eigenvalue weighted by Crippen LogP contribution is -2.42. The molecule has 0 radical (unpaired) electrons. The van der Waals surface area contributed by atoms with Crippen LogP contribution in [0.5, 0.6) is 11.5 Å². The highest BCUT2D eigenvalue weighted by Gasteiger charge is 2.29. The Kier molecular flexibility index (Phi) is 6.73. The van der Waals surface area contributed by atoms with Crippen molar-refractivity contribution in [1.29, 1.82) is 0 Å². The zero-order valence-corrected chi connectivity index (χ0v) is 21.3. The van der Waals surface area contributed by atoms with E-state index in [1.54, 1.807) is 6.07 Å². The number of rotatable bonds is 6. The first kappa shape index (κ1) is 24.3. The van der Waals surface area contributed by atoms with Gasteiger partial charge in [0.05, 0.1) is 18.3 Å². The molecule has 4 rings (SSSR count). The van der Waals surface area contributed by atoms with Gasteiger partial charge in [-0.2, -0.15) is 0 Å². The predicted octanol–water partition coefficient (Wildman–Crippen LogP) is 4.19. The zero-order valence-electron chi connectivity index (χ0n) is 20.4. The molecule has 1 aromatic heterocycles. The van der Waals surface area contributed by atoms with Gasteiger partial charge in [0.15, 0.2) is 21.3 Å². The Balaban J connectivity index is 1.83. The molecule has 1 aliphatic heterocycles. The Labute approximate surface area is 201 Å². The number of fused-ring (bicyclic) bond motifs is 1. The lowest BCUT2D eigenvalue weighted by Gasteiger charge is -2.39. The van der Waals surface area contributed by atoms with Gasteiger partial charge in [0.25, 0.3) is 0 Å². The minimum Gasteiger partial charge on any atom is -0.504 e. The molecule has 1 N–H and O–H groups in total. The molecule has 0 amide bonds. The number of aromatic hydroxyl groups is 1. The van der Waals surface area contributed by atoms with Crippen LogP contribution in [-0.2, 0) is 9.84 Å². The van der Waals surface area contributed by atoms with Crippen LogP contribution < -0.4 is 9.64 Å². The molecule has 0 aliphatic carbocycles. The second kappa shape index (κ2) is 9.43. The monoisotopic (exact) mass is 483 g/mol. The maximum Gasteiger partial charge on any atom is 0.179 e. The van der Waals surface area contributed by atoms with E-state index in [0.29, 0.717) is 29.0 Å². The third-order valence-corrected chi connectivity index (χ3v) is 8.19. The van der Waals surface area contributed by atoms with Gasteiger partial charge in [0.2, 0.25) is 0 Å². The molecular weight excluding hydrogens is 450 g/mol. The first-order valence-corrected chi connectivity index (χ1v) is 13.4. The van der Waals surface area contributed by atoms with E-state index in [4.69, 9.17) is 4.74 Å². The minimum absolute atomic E-state index is 0.0524. The summed E-state index contributed by atoms with van der Waals surface area (Å²) in [6.07, 6.45) is 4.69. The number of anilines is 1. The lowest BCUT2D eigenvalue weighted by atomic mass is 9.89. The first-order chi connectivity index (χ1) is 16.1. The van der Waals surface area contributed by atoms with Crippen molar-refractivity contribution in [2.45, 2.75) is 30.7 Å². The van der Waals surface area contributed by atoms with Crippen molar-refractivity contribution >= 4 is 26.4 Å². The molecule has 2 heterocycles. The molecule has 34 heavy (non-hydrogen) atoms. The number of nitrogens with zero attached hydrogens (tertiary/aromatic N) is 3. The molecule has 1 unspecified atom stereocenters. The minimum atomic E-state index is -3.50. The van der Waals surface area contributed by atoms with Crippen molar-refractivity contribution < 1.29 is 18.3 Å². The van der Waals surface area contributed by atoms with Crippen LogP contribution in [0.1, 0.15) is 19.8 Å².